The molecule has 12 heteroatoms. The second kappa shape index (κ2) is 9.41. The normalized spacial score (nSPS) is 11.0. The van der Waals surface area contributed by atoms with Crippen molar-refractivity contribution in [3.63, 3.8) is 0 Å². The Morgan fingerprint density at radius 2 is 1.72 bits per heavy atom. The van der Waals surface area contributed by atoms with Gasteiger partial charge in [0.1, 0.15) is 11.4 Å². The van der Waals surface area contributed by atoms with Gasteiger partial charge < -0.3 is 22.1 Å². The smallest absolute Gasteiger partial charge is 0.254 e. The third-order valence-corrected chi connectivity index (χ3v) is 5.61. The average Bonchev–Trinajstić information content (AvgIpc) is 2.73. The predicted octanol–water partition coefficient (Wildman–Crippen LogP) is 1.13. The van der Waals surface area contributed by atoms with E-state index in [-0.39, 0.29) is 22.2 Å². The maximum atomic E-state index is 12.1. The van der Waals surface area contributed by atoms with Gasteiger partial charge in [-0.3, -0.25) is 9.59 Å². The third kappa shape index (κ3) is 5.77. The molecule has 0 aliphatic carbocycles. The van der Waals surface area contributed by atoms with Crippen LogP contribution in [0.2, 0.25) is 0 Å². The highest BCUT2D eigenvalue weighted by Gasteiger charge is 2.15. The number of carbonyl (C=O) groups is 2. The zero-order chi connectivity index (χ0) is 23.3. The Kier molecular flexibility index (Phi) is 6.66. The van der Waals surface area contributed by atoms with Crippen LogP contribution in [0.15, 0.2) is 59.6 Å². The number of benzene rings is 2. The second-order valence-electron chi connectivity index (χ2n) is 6.75. The first-order valence-electron chi connectivity index (χ1n) is 9.29. The maximum absolute atomic E-state index is 12.1. The van der Waals surface area contributed by atoms with Gasteiger partial charge in [-0.15, -0.1) is 0 Å². The number of aromatic nitrogens is 2. The first-order chi connectivity index (χ1) is 15.1. The number of hydrogen-bond donors (Lipinski definition) is 5. The molecular formula is C20H21N7O4S. The van der Waals surface area contributed by atoms with Crippen LogP contribution >= 0.6 is 0 Å². The van der Waals surface area contributed by atoms with Crippen molar-refractivity contribution in [2.75, 3.05) is 17.2 Å². The highest BCUT2D eigenvalue weighted by Crippen LogP contribution is 2.22. The molecule has 2 aromatic carbocycles. The summed E-state index contributed by atoms with van der Waals surface area (Å²) in [4.78, 5) is 30.9. The molecular weight excluding hydrogens is 434 g/mol. The summed E-state index contributed by atoms with van der Waals surface area (Å²) in [5.41, 5.74) is 12.7. The standard InChI is InChI=1S/C20H21N7O4S/c1-12-3-2-4-14(9-12)25-19-16(18(22)29)10-23-20(27-19)26-13-5-7-15(8-6-13)32(30,31)24-11-17(21)28/h2-10,24H,11H2,1H3,(H2,21,28)(H2,22,29)(H2,23,25,26,27). The van der Waals surface area contributed by atoms with E-state index in [9.17, 15) is 18.0 Å². The lowest BCUT2D eigenvalue weighted by molar-refractivity contribution is -0.116. The number of sulfonamides is 1. The zero-order valence-corrected chi connectivity index (χ0v) is 17.8. The summed E-state index contributed by atoms with van der Waals surface area (Å²) in [5.74, 6) is -1.11. The van der Waals surface area contributed by atoms with E-state index >= 15 is 0 Å². The van der Waals surface area contributed by atoms with Gasteiger partial charge in [-0.05, 0) is 48.9 Å². The van der Waals surface area contributed by atoms with Crippen LogP contribution in [0, 0.1) is 6.92 Å². The van der Waals surface area contributed by atoms with Gasteiger partial charge in [0.15, 0.2) is 0 Å². The van der Waals surface area contributed by atoms with Crippen LogP contribution in [-0.2, 0) is 14.8 Å². The molecule has 0 bridgehead atoms. The largest absolute Gasteiger partial charge is 0.369 e. The fraction of sp³-hybridized carbons (Fsp3) is 0.100. The van der Waals surface area contributed by atoms with E-state index in [1.807, 2.05) is 31.2 Å². The number of carbonyl (C=O) groups excluding carboxylic acids is 2. The lowest BCUT2D eigenvalue weighted by Gasteiger charge is -2.12. The Balaban J connectivity index is 1.81. The molecule has 0 saturated carbocycles. The molecule has 0 spiro atoms. The summed E-state index contributed by atoms with van der Waals surface area (Å²) >= 11 is 0. The summed E-state index contributed by atoms with van der Waals surface area (Å²) in [7, 11) is -3.88. The van der Waals surface area contributed by atoms with E-state index < -0.39 is 28.4 Å². The van der Waals surface area contributed by atoms with E-state index in [4.69, 9.17) is 11.5 Å². The highest BCUT2D eigenvalue weighted by molar-refractivity contribution is 7.89. The second-order valence-corrected chi connectivity index (χ2v) is 8.52. The van der Waals surface area contributed by atoms with Crippen molar-refractivity contribution in [1.29, 1.82) is 0 Å². The molecule has 0 unspecified atom stereocenters. The molecule has 0 saturated heterocycles. The number of rotatable bonds is 9. The molecule has 7 N–H and O–H groups in total. The predicted molar refractivity (Wildman–Crippen MR) is 119 cm³/mol. The SMILES string of the molecule is Cc1cccc(Nc2nc(Nc3ccc(S(=O)(=O)NCC(N)=O)cc3)ncc2C(N)=O)c1. The Hall–Kier alpha value is -4.03. The summed E-state index contributed by atoms with van der Waals surface area (Å²) < 4.78 is 26.4. The minimum Gasteiger partial charge on any atom is -0.369 e. The number of anilines is 4. The van der Waals surface area contributed by atoms with Crippen LogP contribution in [-0.4, -0.2) is 36.7 Å². The number of hydrogen-bond acceptors (Lipinski definition) is 8. The van der Waals surface area contributed by atoms with Gasteiger partial charge in [0.05, 0.1) is 11.4 Å². The van der Waals surface area contributed by atoms with Crippen molar-refractivity contribution in [3.8, 4) is 0 Å². The summed E-state index contributed by atoms with van der Waals surface area (Å²) in [6.45, 7) is 1.43. The molecule has 0 aliphatic rings. The number of nitrogens with one attached hydrogen (secondary N) is 3. The molecule has 11 nitrogen and oxygen atoms in total. The van der Waals surface area contributed by atoms with E-state index in [1.54, 1.807) is 0 Å². The van der Waals surface area contributed by atoms with E-state index in [0.717, 1.165) is 11.3 Å². The Morgan fingerprint density at radius 3 is 2.34 bits per heavy atom. The lowest BCUT2D eigenvalue weighted by atomic mass is 10.2. The molecule has 32 heavy (non-hydrogen) atoms. The minimum atomic E-state index is -3.88. The molecule has 3 aromatic rings. The van der Waals surface area contributed by atoms with Gasteiger partial charge in [0.2, 0.25) is 21.9 Å². The van der Waals surface area contributed by atoms with Crippen molar-refractivity contribution < 1.29 is 18.0 Å². The van der Waals surface area contributed by atoms with Crippen molar-refractivity contribution in [2.45, 2.75) is 11.8 Å². The molecule has 0 atom stereocenters. The first-order valence-corrected chi connectivity index (χ1v) is 10.8. The average molecular weight is 456 g/mol. The Labute approximate surface area is 184 Å². The topological polar surface area (TPSA) is 182 Å². The van der Waals surface area contributed by atoms with Crippen LogP contribution in [0.4, 0.5) is 23.1 Å². The fourth-order valence-electron chi connectivity index (χ4n) is 2.67. The third-order valence-electron chi connectivity index (χ3n) is 4.19. The Morgan fingerprint density at radius 1 is 1.00 bits per heavy atom. The first kappa shape index (κ1) is 22.7. The van der Waals surface area contributed by atoms with Gasteiger partial charge in [-0.2, -0.15) is 4.98 Å². The monoisotopic (exact) mass is 455 g/mol. The zero-order valence-electron chi connectivity index (χ0n) is 17.0. The quantitative estimate of drug-likeness (QED) is 0.318. The van der Waals surface area contributed by atoms with Gasteiger partial charge in [-0.25, -0.2) is 18.1 Å². The molecule has 1 aromatic heterocycles. The van der Waals surface area contributed by atoms with Crippen molar-refractivity contribution >= 4 is 45.0 Å². The molecule has 0 radical (unpaired) electrons. The van der Waals surface area contributed by atoms with Crippen LogP contribution < -0.4 is 26.8 Å². The summed E-state index contributed by atoms with van der Waals surface area (Å²) in [6.07, 6.45) is 1.29. The number of aryl methyl sites for hydroxylation is 1. The number of nitrogens with zero attached hydrogens (tertiary/aromatic N) is 2. The van der Waals surface area contributed by atoms with Crippen LogP contribution in [0.3, 0.4) is 0 Å². The van der Waals surface area contributed by atoms with Crippen LogP contribution in [0.5, 0.6) is 0 Å². The van der Waals surface area contributed by atoms with Gasteiger partial charge in [-0.1, -0.05) is 12.1 Å². The number of amides is 2. The van der Waals surface area contributed by atoms with Gasteiger partial charge in [0.25, 0.3) is 5.91 Å². The maximum Gasteiger partial charge on any atom is 0.254 e. The van der Waals surface area contributed by atoms with Crippen molar-refractivity contribution in [2.24, 2.45) is 11.5 Å². The summed E-state index contributed by atoms with van der Waals surface area (Å²) in [5, 5.41) is 5.99. The molecule has 1 heterocycles. The van der Waals surface area contributed by atoms with Crippen LogP contribution in [0.25, 0.3) is 0 Å². The Bertz CT molecular complexity index is 1260. The van der Waals surface area contributed by atoms with Gasteiger partial charge in [0, 0.05) is 17.6 Å². The van der Waals surface area contributed by atoms with Crippen molar-refractivity contribution in [1.82, 2.24) is 14.7 Å². The van der Waals surface area contributed by atoms with E-state index in [0.29, 0.717) is 5.69 Å². The number of primary amides is 2. The fourth-order valence-corrected chi connectivity index (χ4v) is 3.67. The highest BCUT2D eigenvalue weighted by atomic mass is 32.2. The molecule has 0 aliphatic heterocycles. The molecule has 0 fully saturated rings. The van der Waals surface area contributed by atoms with Gasteiger partial charge >= 0.3 is 0 Å². The minimum absolute atomic E-state index is 0.0453. The molecule has 2 amide bonds. The lowest BCUT2D eigenvalue weighted by Crippen LogP contribution is -2.33. The molecule has 3 rings (SSSR count). The van der Waals surface area contributed by atoms with E-state index in [1.165, 1.54) is 30.5 Å². The van der Waals surface area contributed by atoms with Crippen LogP contribution in [0.1, 0.15) is 15.9 Å². The number of nitrogens with two attached hydrogens (primary N) is 2. The molecule has 166 valence electrons. The van der Waals surface area contributed by atoms with Crippen molar-refractivity contribution in [3.05, 3.63) is 65.9 Å². The summed E-state index contributed by atoms with van der Waals surface area (Å²) in [6, 6.07) is 13.2. The van der Waals surface area contributed by atoms with E-state index in [2.05, 4.69) is 25.3 Å².